The lowest BCUT2D eigenvalue weighted by atomic mass is 9.96. The molecule has 0 amide bonds. The summed E-state index contributed by atoms with van der Waals surface area (Å²) >= 11 is 0. The molecular formula is C7H13ClFNO2. The highest BCUT2D eigenvalue weighted by molar-refractivity contribution is 5.85. The average molecular weight is 198 g/mol. The molecule has 0 bridgehead atoms. The first kappa shape index (κ1) is 11.6. The maximum atomic E-state index is 13.4. The second kappa shape index (κ2) is 4.62. The molecule has 0 aliphatic carbocycles. The van der Waals surface area contributed by atoms with Crippen molar-refractivity contribution in [1.82, 2.24) is 5.32 Å². The largest absolute Gasteiger partial charge is 0.467 e. The molecule has 1 unspecified atom stereocenters. The molecule has 0 aromatic heterocycles. The van der Waals surface area contributed by atoms with E-state index in [0.717, 1.165) is 6.54 Å². The van der Waals surface area contributed by atoms with Crippen LogP contribution in [0.5, 0.6) is 0 Å². The van der Waals surface area contributed by atoms with Gasteiger partial charge in [-0.3, -0.25) is 0 Å². The first-order valence-corrected chi connectivity index (χ1v) is 3.67. The molecule has 1 aliphatic heterocycles. The fourth-order valence-corrected chi connectivity index (χ4v) is 1.23. The van der Waals surface area contributed by atoms with Gasteiger partial charge in [0.1, 0.15) is 0 Å². The Kier molecular flexibility index (Phi) is 4.49. The maximum Gasteiger partial charge on any atom is 0.344 e. The summed E-state index contributed by atoms with van der Waals surface area (Å²) in [7, 11) is 1.21. The Hall–Kier alpha value is -0.350. The van der Waals surface area contributed by atoms with Gasteiger partial charge in [0.05, 0.1) is 7.11 Å². The molecule has 5 heteroatoms. The van der Waals surface area contributed by atoms with Gasteiger partial charge in [-0.2, -0.15) is 0 Å². The fourth-order valence-electron chi connectivity index (χ4n) is 1.23. The number of nitrogens with one attached hydrogen (secondary N) is 1. The van der Waals surface area contributed by atoms with Crippen LogP contribution in [-0.4, -0.2) is 31.8 Å². The standard InChI is InChI=1S/C7H12FNO2.ClH/c1-11-6(10)7(8)3-2-4-9-5-7;/h9H,2-5H2,1H3;1H. The first-order chi connectivity index (χ1) is 5.19. The van der Waals surface area contributed by atoms with Crippen LogP contribution in [0.25, 0.3) is 0 Å². The third kappa shape index (κ3) is 2.32. The van der Waals surface area contributed by atoms with Crippen LogP contribution in [0.3, 0.4) is 0 Å². The number of carbonyl (C=O) groups excluding carboxylic acids is 1. The van der Waals surface area contributed by atoms with E-state index in [-0.39, 0.29) is 25.4 Å². The van der Waals surface area contributed by atoms with Crippen molar-refractivity contribution in [1.29, 1.82) is 0 Å². The third-order valence-corrected chi connectivity index (χ3v) is 1.88. The summed E-state index contributed by atoms with van der Waals surface area (Å²) in [6.07, 6.45) is 0.957. The molecular weight excluding hydrogens is 185 g/mol. The predicted octanol–water partition coefficient (Wildman–Crippen LogP) is 0.673. The summed E-state index contributed by atoms with van der Waals surface area (Å²) in [5.74, 6) is -0.760. The minimum atomic E-state index is -1.78. The number of hydrogen-bond acceptors (Lipinski definition) is 3. The van der Waals surface area contributed by atoms with E-state index in [0.29, 0.717) is 6.42 Å². The molecule has 3 nitrogen and oxygen atoms in total. The van der Waals surface area contributed by atoms with Crippen molar-refractivity contribution >= 4 is 18.4 Å². The van der Waals surface area contributed by atoms with Crippen molar-refractivity contribution in [2.45, 2.75) is 18.5 Å². The Bertz CT molecular complexity index is 159. The van der Waals surface area contributed by atoms with Crippen LogP contribution in [0.4, 0.5) is 4.39 Å². The van der Waals surface area contributed by atoms with Gasteiger partial charge in [0, 0.05) is 6.54 Å². The monoisotopic (exact) mass is 197 g/mol. The van der Waals surface area contributed by atoms with Gasteiger partial charge in [-0.05, 0) is 19.4 Å². The smallest absolute Gasteiger partial charge is 0.344 e. The normalized spacial score (nSPS) is 28.8. The number of halogens is 2. The predicted molar refractivity (Wildman–Crippen MR) is 45.2 cm³/mol. The first-order valence-electron chi connectivity index (χ1n) is 3.67. The van der Waals surface area contributed by atoms with Gasteiger partial charge in [-0.1, -0.05) is 0 Å². The highest BCUT2D eigenvalue weighted by atomic mass is 35.5. The third-order valence-electron chi connectivity index (χ3n) is 1.88. The van der Waals surface area contributed by atoms with Crippen LogP contribution >= 0.6 is 12.4 Å². The second-order valence-corrected chi connectivity index (χ2v) is 2.74. The van der Waals surface area contributed by atoms with Crippen molar-refractivity contribution in [3.05, 3.63) is 0 Å². The average Bonchev–Trinajstić information content (AvgIpc) is 2.04. The van der Waals surface area contributed by atoms with Crippen LogP contribution in [-0.2, 0) is 9.53 Å². The lowest BCUT2D eigenvalue weighted by molar-refractivity contribution is -0.155. The molecule has 1 saturated heterocycles. The molecule has 0 aromatic rings. The SMILES string of the molecule is COC(=O)C1(F)CCCNC1.Cl. The molecule has 1 fully saturated rings. The number of alkyl halides is 1. The van der Waals surface area contributed by atoms with Gasteiger partial charge in [-0.15, -0.1) is 12.4 Å². The molecule has 12 heavy (non-hydrogen) atoms. The van der Waals surface area contributed by atoms with E-state index in [9.17, 15) is 9.18 Å². The molecule has 1 aliphatic rings. The van der Waals surface area contributed by atoms with Crippen molar-refractivity contribution < 1.29 is 13.9 Å². The number of ether oxygens (including phenoxy) is 1. The van der Waals surface area contributed by atoms with Crippen molar-refractivity contribution in [3.63, 3.8) is 0 Å². The summed E-state index contributed by atoms with van der Waals surface area (Å²) in [6, 6.07) is 0. The van der Waals surface area contributed by atoms with Crippen LogP contribution in [0.15, 0.2) is 0 Å². The van der Waals surface area contributed by atoms with Gasteiger partial charge < -0.3 is 10.1 Å². The molecule has 1 N–H and O–H groups in total. The molecule has 1 heterocycles. The van der Waals surface area contributed by atoms with E-state index < -0.39 is 11.6 Å². The Balaban J connectivity index is 0.00000121. The number of piperidine rings is 1. The van der Waals surface area contributed by atoms with E-state index in [2.05, 4.69) is 10.1 Å². The Morgan fingerprint density at radius 3 is 2.75 bits per heavy atom. The molecule has 0 saturated carbocycles. The highest BCUT2D eigenvalue weighted by Crippen LogP contribution is 2.21. The van der Waals surface area contributed by atoms with E-state index in [1.807, 2.05) is 0 Å². The van der Waals surface area contributed by atoms with Crippen LogP contribution in [0.2, 0.25) is 0 Å². The minimum Gasteiger partial charge on any atom is -0.467 e. The van der Waals surface area contributed by atoms with Crippen LogP contribution in [0.1, 0.15) is 12.8 Å². The van der Waals surface area contributed by atoms with Gasteiger partial charge in [-0.25, -0.2) is 9.18 Å². The lowest BCUT2D eigenvalue weighted by Crippen LogP contribution is -2.48. The van der Waals surface area contributed by atoms with E-state index in [1.54, 1.807) is 0 Å². The van der Waals surface area contributed by atoms with Crippen molar-refractivity contribution in [3.8, 4) is 0 Å². The summed E-state index contributed by atoms with van der Waals surface area (Å²) < 4.78 is 17.8. The van der Waals surface area contributed by atoms with Gasteiger partial charge >= 0.3 is 5.97 Å². The van der Waals surface area contributed by atoms with E-state index in [1.165, 1.54) is 7.11 Å². The molecule has 72 valence electrons. The summed E-state index contributed by atoms with van der Waals surface area (Å²) in [5, 5.41) is 2.81. The van der Waals surface area contributed by atoms with Crippen LogP contribution in [0, 0.1) is 0 Å². The van der Waals surface area contributed by atoms with Crippen molar-refractivity contribution in [2.75, 3.05) is 20.2 Å². The van der Waals surface area contributed by atoms with Gasteiger partial charge in [0.15, 0.2) is 0 Å². The zero-order chi connectivity index (χ0) is 8.32. The Labute approximate surface area is 77.1 Å². The topological polar surface area (TPSA) is 38.3 Å². The van der Waals surface area contributed by atoms with Gasteiger partial charge in [0.2, 0.25) is 5.67 Å². The number of hydrogen-bond donors (Lipinski definition) is 1. The number of rotatable bonds is 1. The minimum absolute atomic E-state index is 0. The molecule has 0 spiro atoms. The number of carbonyl (C=O) groups is 1. The maximum absolute atomic E-state index is 13.4. The Morgan fingerprint density at radius 1 is 1.67 bits per heavy atom. The summed E-state index contributed by atoms with van der Waals surface area (Å²) in [6.45, 7) is 0.863. The zero-order valence-electron chi connectivity index (χ0n) is 6.93. The Morgan fingerprint density at radius 2 is 2.33 bits per heavy atom. The summed E-state index contributed by atoms with van der Waals surface area (Å²) in [4.78, 5) is 10.9. The highest BCUT2D eigenvalue weighted by Gasteiger charge is 2.40. The quantitative estimate of drug-likeness (QED) is 0.628. The summed E-state index contributed by atoms with van der Waals surface area (Å²) in [5.41, 5.74) is -1.78. The molecule has 1 rings (SSSR count). The molecule has 0 radical (unpaired) electrons. The number of esters is 1. The zero-order valence-corrected chi connectivity index (χ0v) is 7.75. The fraction of sp³-hybridized carbons (Fsp3) is 0.857. The van der Waals surface area contributed by atoms with Crippen LogP contribution < -0.4 is 5.32 Å². The second-order valence-electron chi connectivity index (χ2n) is 2.74. The van der Waals surface area contributed by atoms with Gasteiger partial charge in [0.25, 0.3) is 0 Å². The van der Waals surface area contributed by atoms with E-state index >= 15 is 0 Å². The molecule has 0 aromatic carbocycles. The van der Waals surface area contributed by atoms with Crippen molar-refractivity contribution in [2.24, 2.45) is 0 Å². The van der Waals surface area contributed by atoms with E-state index in [4.69, 9.17) is 0 Å². The lowest BCUT2D eigenvalue weighted by Gasteiger charge is -2.26. The number of methoxy groups -OCH3 is 1. The molecule has 1 atom stereocenters.